The van der Waals surface area contributed by atoms with Crippen LogP contribution in [0, 0.1) is 5.92 Å². The zero-order valence-electron chi connectivity index (χ0n) is 13.2. The van der Waals surface area contributed by atoms with E-state index >= 15 is 0 Å². The molecule has 0 radical (unpaired) electrons. The third-order valence-electron chi connectivity index (χ3n) is 3.51. The Bertz CT molecular complexity index is 828. The van der Waals surface area contributed by atoms with E-state index in [2.05, 4.69) is 4.98 Å². The second kappa shape index (κ2) is 6.17. The Morgan fingerprint density at radius 1 is 1.48 bits per heavy atom. The molecule has 0 aliphatic heterocycles. The lowest BCUT2D eigenvalue weighted by Crippen LogP contribution is -2.42. The third-order valence-corrected chi connectivity index (χ3v) is 4.25. The van der Waals surface area contributed by atoms with Gasteiger partial charge in [-0.25, -0.2) is 24.1 Å². The molecule has 0 spiro atoms. The first-order valence-electron chi connectivity index (χ1n) is 6.99. The quantitative estimate of drug-likeness (QED) is 0.485. The lowest BCUT2D eigenvalue weighted by molar-refractivity contribution is 0.108. The molecule has 9 heteroatoms. The fraction of sp³-hybridized carbons (Fsp3) is 0.429. The molecule has 1 amide bonds. The fourth-order valence-corrected chi connectivity index (χ4v) is 3.28. The molecule has 1 unspecified atom stereocenters. The van der Waals surface area contributed by atoms with Gasteiger partial charge < -0.3 is 9.67 Å². The molecule has 23 heavy (non-hydrogen) atoms. The number of pyridine rings is 1. The van der Waals surface area contributed by atoms with Crippen LogP contribution < -0.4 is 5.84 Å². The van der Waals surface area contributed by atoms with Gasteiger partial charge in [-0.2, -0.15) is 0 Å². The van der Waals surface area contributed by atoms with Crippen LogP contribution in [0.15, 0.2) is 24.5 Å². The first kappa shape index (κ1) is 17.2. The van der Waals surface area contributed by atoms with E-state index in [1.54, 1.807) is 29.1 Å². The maximum atomic E-state index is 11.5. The first-order valence-corrected chi connectivity index (χ1v) is 9.05. The minimum absolute atomic E-state index is 0.0978. The summed E-state index contributed by atoms with van der Waals surface area (Å²) in [5, 5.41) is 10.6. The molecule has 2 aromatic rings. The highest BCUT2D eigenvalue weighted by Crippen LogP contribution is 2.27. The van der Waals surface area contributed by atoms with Gasteiger partial charge in [0.25, 0.3) is 0 Å². The van der Waals surface area contributed by atoms with E-state index in [4.69, 9.17) is 10.9 Å². The van der Waals surface area contributed by atoms with E-state index in [1.807, 2.05) is 13.8 Å². The zero-order chi connectivity index (χ0) is 17.4. The van der Waals surface area contributed by atoms with Gasteiger partial charge >= 0.3 is 6.09 Å². The Balaban J connectivity index is 2.53. The Hall–Kier alpha value is -2.13. The molecular formula is C14H20N4O4S. The number of fused-ring (bicyclic) bond motifs is 1. The summed E-state index contributed by atoms with van der Waals surface area (Å²) in [6.07, 6.45) is 3.16. The standard InChI is InChI=1S/C14H20N4O4S/c1-9(2)13(18(15)14(19)20)11-6-12-10(7-16-11)4-5-17(12)8-23(3,21)22/h4-7,9,13H,8,15H2,1-3H3,(H,19,20). The molecule has 2 heterocycles. The first-order chi connectivity index (χ1) is 10.6. The molecule has 0 aliphatic rings. The summed E-state index contributed by atoms with van der Waals surface area (Å²) < 4.78 is 24.6. The van der Waals surface area contributed by atoms with Gasteiger partial charge in [-0.05, 0) is 18.1 Å². The minimum atomic E-state index is -3.20. The average Bonchev–Trinajstić information content (AvgIpc) is 2.79. The number of amides is 1. The molecule has 0 bridgehead atoms. The van der Waals surface area contributed by atoms with Gasteiger partial charge in [0.05, 0.1) is 17.3 Å². The largest absolute Gasteiger partial charge is 0.464 e. The van der Waals surface area contributed by atoms with Crippen LogP contribution in [0.25, 0.3) is 10.9 Å². The Kier molecular flexibility index (Phi) is 4.62. The molecule has 0 aliphatic carbocycles. The number of nitrogens with two attached hydrogens (primary N) is 1. The van der Waals surface area contributed by atoms with Crippen molar-refractivity contribution in [3.05, 3.63) is 30.2 Å². The lowest BCUT2D eigenvalue weighted by atomic mass is 9.99. The second-order valence-electron chi connectivity index (χ2n) is 5.89. The third kappa shape index (κ3) is 3.80. The van der Waals surface area contributed by atoms with Crippen LogP contribution in [-0.2, 0) is 15.7 Å². The Labute approximate surface area is 134 Å². The zero-order valence-corrected chi connectivity index (χ0v) is 14.0. The highest BCUT2D eigenvalue weighted by Gasteiger charge is 2.27. The van der Waals surface area contributed by atoms with Crippen LogP contribution in [0.1, 0.15) is 25.6 Å². The highest BCUT2D eigenvalue weighted by atomic mass is 32.2. The van der Waals surface area contributed by atoms with Crippen molar-refractivity contribution in [2.75, 3.05) is 6.26 Å². The van der Waals surface area contributed by atoms with E-state index in [1.165, 1.54) is 0 Å². The average molecular weight is 340 g/mol. The highest BCUT2D eigenvalue weighted by molar-refractivity contribution is 7.89. The lowest BCUT2D eigenvalue weighted by Gasteiger charge is -2.27. The van der Waals surface area contributed by atoms with Crippen molar-refractivity contribution >= 4 is 26.8 Å². The smallest absolute Gasteiger partial charge is 0.422 e. The monoisotopic (exact) mass is 340 g/mol. The van der Waals surface area contributed by atoms with E-state index in [0.717, 1.165) is 16.7 Å². The molecular weight excluding hydrogens is 320 g/mol. The molecule has 2 rings (SSSR count). The van der Waals surface area contributed by atoms with Gasteiger partial charge in [0.1, 0.15) is 5.88 Å². The van der Waals surface area contributed by atoms with E-state index in [-0.39, 0.29) is 11.8 Å². The van der Waals surface area contributed by atoms with Crippen molar-refractivity contribution in [3.63, 3.8) is 0 Å². The number of hydrazine groups is 1. The predicted molar refractivity (Wildman–Crippen MR) is 86.2 cm³/mol. The van der Waals surface area contributed by atoms with Gasteiger partial charge in [0, 0.05) is 24.0 Å². The molecule has 0 saturated carbocycles. The summed E-state index contributed by atoms with van der Waals surface area (Å²) >= 11 is 0. The van der Waals surface area contributed by atoms with Crippen molar-refractivity contribution in [1.29, 1.82) is 0 Å². The number of hydrogen-bond acceptors (Lipinski definition) is 5. The molecule has 0 aromatic carbocycles. The topological polar surface area (TPSA) is 119 Å². The SMILES string of the molecule is CC(C)C(c1cc2c(ccn2CS(C)(=O)=O)cn1)N(N)C(=O)O. The summed E-state index contributed by atoms with van der Waals surface area (Å²) in [7, 11) is -3.20. The molecule has 0 saturated heterocycles. The van der Waals surface area contributed by atoms with Crippen molar-refractivity contribution in [3.8, 4) is 0 Å². The summed E-state index contributed by atoms with van der Waals surface area (Å²) in [5.74, 6) is 5.39. The predicted octanol–water partition coefficient (Wildman–Crippen LogP) is 1.59. The summed E-state index contributed by atoms with van der Waals surface area (Å²) in [6.45, 7) is 3.68. The van der Waals surface area contributed by atoms with E-state index in [0.29, 0.717) is 11.2 Å². The molecule has 126 valence electrons. The number of carboxylic acid groups (broad SMARTS) is 1. The van der Waals surface area contributed by atoms with Crippen molar-refractivity contribution in [2.45, 2.75) is 25.8 Å². The maximum Gasteiger partial charge on any atom is 0.422 e. The van der Waals surface area contributed by atoms with Crippen LogP contribution >= 0.6 is 0 Å². The van der Waals surface area contributed by atoms with Gasteiger partial charge in [0.15, 0.2) is 9.84 Å². The van der Waals surface area contributed by atoms with Crippen LogP contribution in [0.4, 0.5) is 4.79 Å². The molecule has 2 aromatic heterocycles. The van der Waals surface area contributed by atoms with Crippen molar-refractivity contribution < 1.29 is 18.3 Å². The van der Waals surface area contributed by atoms with Crippen LogP contribution in [0.5, 0.6) is 0 Å². The van der Waals surface area contributed by atoms with Crippen LogP contribution in [0.3, 0.4) is 0 Å². The molecule has 8 nitrogen and oxygen atoms in total. The number of aromatic nitrogens is 2. The van der Waals surface area contributed by atoms with E-state index in [9.17, 15) is 13.2 Å². The van der Waals surface area contributed by atoms with Gasteiger partial charge in [-0.3, -0.25) is 4.98 Å². The number of sulfone groups is 1. The molecule has 0 fully saturated rings. The van der Waals surface area contributed by atoms with Gasteiger partial charge in [-0.15, -0.1) is 0 Å². The normalized spacial score (nSPS) is 13.4. The maximum absolute atomic E-state index is 11.5. The van der Waals surface area contributed by atoms with E-state index < -0.39 is 22.0 Å². The summed E-state index contributed by atoms with van der Waals surface area (Å²) in [4.78, 5) is 15.5. The molecule has 3 N–H and O–H groups in total. The summed E-state index contributed by atoms with van der Waals surface area (Å²) in [6, 6.07) is 2.83. The van der Waals surface area contributed by atoms with Crippen LogP contribution in [0.2, 0.25) is 0 Å². The van der Waals surface area contributed by atoms with Gasteiger partial charge in [0.2, 0.25) is 0 Å². The van der Waals surface area contributed by atoms with Gasteiger partial charge in [-0.1, -0.05) is 13.8 Å². The number of carbonyl (C=O) groups is 1. The van der Waals surface area contributed by atoms with Crippen molar-refractivity contribution in [2.24, 2.45) is 11.8 Å². The Morgan fingerprint density at radius 2 is 2.13 bits per heavy atom. The Morgan fingerprint density at radius 3 is 2.65 bits per heavy atom. The van der Waals surface area contributed by atoms with Crippen molar-refractivity contribution in [1.82, 2.24) is 14.6 Å². The van der Waals surface area contributed by atoms with Crippen LogP contribution in [-0.4, -0.2) is 40.4 Å². The molecule has 1 atom stereocenters. The summed E-state index contributed by atoms with van der Waals surface area (Å²) in [5.41, 5.74) is 1.15. The second-order valence-corrected chi connectivity index (χ2v) is 8.00. The fourth-order valence-electron chi connectivity index (χ4n) is 2.55. The number of nitrogens with zero attached hydrogens (tertiary/aromatic N) is 3. The number of hydrogen-bond donors (Lipinski definition) is 2. The number of rotatable bonds is 5. The minimum Gasteiger partial charge on any atom is -0.464 e.